The van der Waals surface area contributed by atoms with Crippen LogP contribution in [-0.2, 0) is 0 Å². The van der Waals surface area contributed by atoms with Crippen LogP contribution in [0.4, 0.5) is 0 Å². The quantitative estimate of drug-likeness (QED) is 0.258. The molecule has 0 amide bonds. The third-order valence-corrected chi connectivity index (χ3v) is 7.70. The van der Waals surface area contributed by atoms with E-state index < -0.39 is 0 Å². The standard InChI is InChI=1S/C36H24N2/c1-3-12-24(13-4-1)25-14-11-15-26(22-25)30-23-32-34(28-18-7-9-20-31(28)37-32)35-29-19-8-10-21-33(29)38(36(30)35)27-16-5-2-6-17-27/h1-23,37H. The fraction of sp³-hybridized carbons (Fsp3) is 0. The summed E-state index contributed by atoms with van der Waals surface area (Å²) in [5.41, 5.74) is 10.8. The number of hydrogen-bond donors (Lipinski definition) is 1. The van der Waals surface area contributed by atoms with E-state index in [0.29, 0.717) is 0 Å². The second kappa shape index (κ2) is 8.22. The summed E-state index contributed by atoms with van der Waals surface area (Å²) < 4.78 is 2.44. The number of fused-ring (bicyclic) bond motifs is 7. The van der Waals surface area contributed by atoms with Gasteiger partial charge in [-0.15, -0.1) is 0 Å². The normalized spacial score (nSPS) is 11.7. The van der Waals surface area contributed by atoms with E-state index in [1.165, 1.54) is 60.5 Å². The van der Waals surface area contributed by atoms with Crippen molar-refractivity contribution in [1.82, 2.24) is 9.55 Å². The number of H-pyrrole nitrogens is 1. The van der Waals surface area contributed by atoms with Gasteiger partial charge in [0.25, 0.3) is 0 Å². The molecule has 0 fully saturated rings. The van der Waals surface area contributed by atoms with Crippen molar-refractivity contribution in [1.29, 1.82) is 0 Å². The van der Waals surface area contributed by atoms with Gasteiger partial charge < -0.3 is 9.55 Å². The third-order valence-electron chi connectivity index (χ3n) is 7.70. The number of nitrogens with zero attached hydrogens (tertiary/aromatic N) is 1. The summed E-state index contributed by atoms with van der Waals surface area (Å²) in [6.07, 6.45) is 0. The van der Waals surface area contributed by atoms with Gasteiger partial charge in [0.05, 0.1) is 11.0 Å². The monoisotopic (exact) mass is 484 g/mol. The first kappa shape index (κ1) is 21.0. The van der Waals surface area contributed by atoms with Gasteiger partial charge in [0.15, 0.2) is 0 Å². The average Bonchev–Trinajstić information content (AvgIpc) is 3.53. The highest BCUT2D eigenvalue weighted by Crippen LogP contribution is 2.45. The van der Waals surface area contributed by atoms with Gasteiger partial charge in [-0.1, -0.05) is 103 Å². The van der Waals surface area contributed by atoms with Gasteiger partial charge in [-0.25, -0.2) is 0 Å². The molecule has 0 aliphatic heterocycles. The number of aromatic amines is 1. The Hall–Kier alpha value is -5.08. The molecule has 38 heavy (non-hydrogen) atoms. The molecule has 0 unspecified atom stereocenters. The zero-order valence-corrected chi connectivity index (χ0v) is 20.7. The number of hydrogen-bond acceptors (Lipinski definition) is 0. The van der Waals surface area contributed by atoms with Crippen LogP contribution in [0.1, 0.15) is 0 Å². The van der Waals surface area contributed by atoms with Gasteiger partial charge in [0, 0.05) is 43.8 Å². The Morgan fingerprint density at radius 1 is 0.447 bits per heavy atom. The van der Waals surface area contributed by atoms with Crippen LogP contribution in [0, 0.1) is 0 Å². The zero-order chi connectivity index (χ0) is 25.1. The van der Waals surface area contributed by atoms with Crippen molar-refractivity contribution in [2.45, 2.75) is 0 Å². The molecule has 0 aliphatic rings. The van der Waals surface area contributed by atoms with Gasteiger partial charge in [0.2, 0.25) is 0 Å². The van der Waals surface area contributed by atoms with Crippen LogP contribution in [0.3, 0.4) is 0 Å². The molecule has 8 rings (SSSR count). The molecule has 8 aromatic rings. The second-order valence-corrected chi connectivity index (χ2v) is 9.88. The van der Waals surface area contributed by atoms with E-state index in [1.807, 2.05) is 0 Å². The maximum Gasteiger partial charge on any atom is 0.0627 e. The smallest absolute Gasteiger partial charge is 0.0627 e. The summed E-state index contributed by atoms with van der Waals surface area (Å²) in [5.74, 6) is 0. The number of para-hydroxylation sites is 3. The van der Waals surface area contributed by atoms with Crippen LogP contribution in [0.5, 0.6) is 0 Å². The molecule has 0 atom stereocenters. The Labute approximate surface area is 220 Å². The van der Waals surface area contributed by atoms with E-state index in [-0.39, 0.29) is 0 Å². The van der Waals surface area contributed by atoms with Crippen molar-refractivity contribution in [2.24, 2.45) is 0 Å². The second-order valence-electron chi connectivity index (χ2n) is 9.88. The molecule has 6 aromatic carbocycles. The molecule has 0 radical (unpaired) electrons. The minimum absolute atomic E-state index is 1.16. The summed E-state index contributed by atoms with van der Waals surface area (Å²) in [4.78, 5) is 3.73. The summed E-state index contributed by atoms with van der Waals surface area (Å²) >= 11 is 0. The molecule has 0 saturated carbocycles. The van der Waals surface area contributed by atoms with Crippen molar-refractivity contribution in [3.05, 3.63) is 140 Å². The maximum atomic E-state index is 3.73. The van der Waals surface area contributed by atoms with Gasteiger partial charge in [-0.05, 0) is 53.1 Å². The molecule has 2 heterocycles. The Morgan fingerprint density at radius 3 is 1.95 bits per heavy atom. The fourth-order valence-electron chi connectivity index (χ4n) is 6.06. The zero-order valence-electron chi connectivity index (χ0n) is 20.7. The molecule has 0 aliphatic carbocycles. The van der Waals surface area contributed by atoms with E-state index >= 15 is 0 Å². The third kappa shape index (κ3) is 3.07. The molecule has 0 bridgehead atoms. The van der Waals surface area contributed by atoms with E-state index in [0.717, 1.165) is 11.0 Å². The Balaban J connectivity index is 1.58. The first-order valence-electron chi connectivity index (χ1n) is 13.0. The SMILES string of the molecule is c1ccc(-c2cccc(-c3cc4[nH]c5ccccc5c4c4c5ccccc5n(-c5ccccc5)c34)c2)cc1. The summed E-state index contributed by atoms with van der Waals surface area (Å²) in [5, 5.41) is 5.10. The molecule has 0 saturated heterocycles. The van der Waals surface area contributed by atoms with Crippen LogP contribution in [0.2, 0.25) is 0 Å². The van der Waals surface area contributed by atoms with E-state index in [2.05, 4.69) is 149 Å². The molecule has 0 spiro atoms. The number of aromatic nitrogens is 2. The Morgan fingerprint density at radius 2 is 1.11 bits per heavy atom. The van der Waals surface area contributed by atoms with Gasteiger partial charge in [-0.2, -0.15) is 0 Å². The lowest BCUT2D eigenvalue weighted by Gasteiger charge is -2.13. The molecule has 2 nitrogen and oxygen atoms in total. The van der Waals surface area contributed by atoms with Crippen LogP contribution < -0.4 is 0 Å². The first-order valence-corrected chi connectivity index (χ1v) is 13.0. The van der Waals surface area contributed by atoms with Crippen molar-refractivity contribution < 1.29 is 0 Å². The van der Waals surface area contributed by atoms with E-state index in [9.17, 15) is 0 Å². The molecular formula is C36H24N2. The van der Waals surface area contributed by atoms with Crippen LogP contribution >= 0.6 is 0 Å². The van der Waals surface area contributed by atoms with Crippen molar-refractivity contribution in [3.63, 3.8) is 0 Å². The highest BCUT2D eigenvalue weighted by molar-refractivity contribution is 6.30. The lowest BCUT2D eigenvalue weighted by atomic mass is 9.95. The largest absolute Gasteiger partial charge is 0.354 e. The topological polar surface area (TPSA) is 20.7 Å². The summed E-state index contributed by atoms with van der Waals surface area (Å²) in [6.45, 7) is 0. The maximum absolute atomic E-state index is 3.73. The van der Waals surface area contributed by atoms with Crippen molar-refractivity contribution in [2.75, 3.05) is 0 Å². The van der Waals surface area contributed by atoms with Crippen LogP contribution in [0.25, 0.3) is 71.6 Å². The van der Waals surface area contributed by atoms with E-state index in [4.69, 9.17) is 0 Å². The highest BCUT2D eigenvalue weighted by atomic mass is 15.0. The predicted octanol–water partition coefficient (Wildman–Crippen LogP) is 9.75. The number of rotatable bonds is 3. The predicted molar refractivity (Wildman–Crippen MR) is 161 cm³/mol. The Kier molecular flexibility index (Phi) is 4.55. The molecule has 2 heteroatoms. The number of benzene rings is 6. The van der Waals surface area contributed by atoms with Gasteiger partial charge in [-0.3, -0.25) is 0 Å². The van der Waals surface area contributed by atoms with Crippen molar-refractivity contribution >= 4 is 43.6 Å². The first-order chi connectivity index (χ1) is 18.9. The average molecular weight is 485 g/mol. The Bertz CT molecular complexity index is 2110. The highest BCUT2D eigenvalue weighted by Gasteiger charge is 2.21. The summed E-state index contributed by atoms with van der Waals surface area (Å²) in [6, 6.07) is 50.1. The minimum atomic E-state index is 1.16. The van der Waals surface area contributed by atoms with Gasteiger partial charge in [0.1, 0.15) is 0 Å². The molecule has 178 valence electrons. The molecule has 2 aromatic heterocycles. The van der Waals surface area contributed by atoms with Gasteiger partial charge >= 0.3 is 0 Å². The van der Waals surface area contributed by atoms with Crippen LogP contribution in [0.15, 0.2) is 140 Å². The van der Waals surface area contributed by atoms with Crippen molar-refractivity contribution in [3.8, 4) is 27.9 Å². The molecular weight excluding hydrogens is 460 g/mol. The fourth-order valence-corrected chi connectivity index (χ4v) is 6.06. The molecule has 1 N–H and O–H groups in total. The number of nitrogens with one attached hydrogen (secondary N) is 1. The summed E-state index contributed by atoms with van der Waals surface area (Å²) in [7, 11) is 0. The lowest BCUT2D eigenvalue weighted by Crippen LogP contribution is -1.95. The lowest BCUT2D eigenvalue weighted by molar-refractivity contribution is 1.18. The minimum Gasteiger partial charge on any atom is -0.354 e. The van der Waals surface area contributed by atoms with E-state index in [1.54, 1.807) is 0 Å². The van der Waals surface area contributed by atoms with Crippen LogP contribution in [-0.4, -0.2) is 9.55 Å².